The van der Waals surface area contributed by atoms with Crippen LogP contribution in [0.1, 0.15) is 71.1 Å². The highest BCUT2D eigenvalue weighted by molar-refractivity contribution is 5.75. The van der Waals surface area contributed by atoms with Crippen molar-refractivity contribution in [3.05, 3.63) is 48.6 Å². The van der Waals surface area contributed by atoms with Crippen LogP contribution in [0.3, 0.4) is 0 Å². The molecule has 1 fully saturated rings. The van der Waals surface area contributed by atoms with Crippen LogP contribution >= 0.6 is 0 Å². The number of hydrogen-bond donors (Lipinski definition) is 3. The lowest BCUT2D eigenvalue weighted by Crippen LogP contribution is -2.26. The zero-order valence-electron chi connectivity index (χ0n) is 16.6. The summed E-state index contributed by atoms with van der Waals surface area (Å²) in [6, 6.07) is 0. The maximum atomic E-state index is 10.9. The van der Waals surface area contributed by atoms with Gasteiger partial charge in [0.1, 0.15) is 5.78 Å². The predicted octanol–water partition coefficient (Wildman–Crippen LogP) is 4.17. The molecule has 1 aliphatic rings. The molecule has 0 unspecified atom stereocenters. The van der Waals surface area contributed by atoms with E-state index in [0.717, 1.165) is 25.7 Å². The molecule has 1 saturated carbocycles. The van der Waals surface area contributed by atoms with Crippen molar-refractivity contribution in [1.29, 1.82) is 0 Å². The fourth-order valence-electron chi connectivity index (χ4n) is 3.21. The fourth-order valence-corrected chi connectivity index (χ4v) is 3.21. The molecule has 0 radical (unpaired) electrons. The van der Waals surface area contributed by atoms with E-state index in [1.807, 2.05) is 30.4 Å². The molecule has 0 spiro atoms. The van der Waals surface area contributed by atoms with Gasteiger partial charge in [-0.25, -0.2) is 0 Å². The van der Waals surface area contributed by atoms with Crippen molar-refractivity contribution in [3.8, 4) is 0 Å². The number of aliphatic hydroxyl groups is 3. The molecule has 27 heavy (non-hydrogen) atoms. The first-order valence-electron chi connectivity index (χ1n) is 10.2. The summed E-state index contributed by atoms with van der Waals surface area (Å²) in [6.45, 7) is 1.52. The van der Waals surface area contributed by atoms with Crippen LogP contribution in [0.25, 0.3) is 0 Å². The van der Waals surface area contributed by atoms with Crippen LogP contribution in [0.15, 0.2) is 48.6 Å². The Bertz CT molecular complexity index is 522. The third-order valence-electron chi connectivity index (χ3n) is 4.91. The molecule has 0 heterocycles. The van der Waals surface area contributed by atoms with Gasteiger partial charge >= 0.3 is 0 Å². The molecule has 0 aromatic rings. The molecular weight excluding hydrogens is 340 g/mol. The fraction of sp³-hybridized carbons (Fsp3) is 0.609. The smallest absolute Gasteiger partial charge is 0.129 e. The normalized spacial score (nSPS) is 21.0. The molecule has 0 amide bonds. The van der Waals surface area contributed by atoms with Crippen molar-refractivity contribution >= 4 is 5.78 Å². The molecule has 0 aromatic heterocycles. The predicted molar refractivity (Wildman–Crippen MR) is 110 cm³/mol. The van der Waals surface area contributed by atoms with Crippen molar-refractivity contribution in [1.82, 2.24) is 0 Å². The van der Waals surface area contributed by atoms with Crippen LogP contribution in [-0.4, -0.2) is 38.9 Å². The molecule has 1 aliphatic carbocycles. The van der Waals surface area contributed by atoms with E-state index in [4.69, 9.17) is 0 Å². The van der Waals surface area contributed by atoms with Crippen LogP contribution < -0.4 is 0 Å². The third kappa shape index (κ3) is 11.8. The highest BCUT2D eigenvalue weighted by atomic mass is 16.3. The van der Waals surface area contributed by atoms with E-state index >= 15 is 0 Å². The standard InChI is InChI=1S/C23H36O4/c1-20(24)14-13-16-22(26)21(25)15-9-5-2-3-6-10-17-23(27)18-11-7-4-8-12-19-23/h2-3,5-6,9-10,15,17,21-22,25-27H,4,7-8,11-14,16,18-19H2,1H3/b5-2+,6-3-,15-9+,17-10+/t21-,22+/m1/s1. The van der Waals surface area contributed by atoms with Crippen LogP contribution in [0, 0.1) is 0 Å². The van der Waals surface area contributed by atoms with Gasteiger partial charge in [-0.3, -0.25) is 0 Å². The Balaban J connectivity index is 2.31. The quantitative estimate of drug-likeness (QED) is 0.500. The van der Waals surface area contributed by atoms with Crippen molar-refractivity contribution < 1.29 is 20.1 Å². The second-order valence-electron chi connectivity index (χ2n) is 7.54. The first-order valence-corrected chi connectivity index (χ1v) is 10.2. The van der Waals surface area contributed by atoms with E-state index in [1.165, 1.54) is 32.3 Å². The molecule has 0 aliphatic heterocycles. The second kappa shape index (κ2) is 13.6. The number of aliphatic hydroxyl groups excluding tert-OH is 2. The van der Waals surface area contributed by atoms with Gasteiger partial charge in [-0.05, 0) is 32.6 Å². The van der Waals surface area contributed by atoms with Crippen LogP contribution in [0.2, 0.25) is 0 Å². The molecule has 2 atom stereocenters. The van der Waals surface area contributed by atoms with Gasteiger partial charge in [0.2, 0.25) is 0 Å². The molecule has 4 heteroatoms. The summed E-state index contributed by atoms with van der Waals surface area (Å²) in [5, 5.41) is 30.2. The van der Waals surface area contributed by atoms with E-state index in [0.29, 0.717) is 19.3 Å². The number of carbonyl (C=O) groups is 1. The summed E-state index contributed by atoms with van der Waals surface area (Å²) in [4.78, 5) is 10.9. The first-order chi connectivity index (χ1) is 12.9. The zero-order chi connectivity index (χ0) is 20.0. The Morgan fingerprint density at radius 1 is 0.926 bits per heavy atom. The van der Waals surface area contributed by atoms with Crippen LogP contribution in [0.4, 0.5) is 0 Å². The van der Waals surface area contributed by atoms with Crippen molar-refractivity contribution in [2.24, 2.45) is 0 Å². The highest BCUT2D eigenvalue weighted by Gasteiger charge is 2.23. The molecule has 152 valence electrons. The number of rotatable bonds is 10. The molecule has 4 nitrogen and oxygen atoms in total. The van der Waals surface area contributed by atoms with Gasteiger partial charge in [-0.15, -0.1) is 0 Å². The zero-order valence-corrected chi connectivity index (χ0v) is 16.6. The maximum absolute atomic E-state index is 10.9. The van der Waals surface area contributed by atoms with Crippen molar-refractivity contribution in [2.45, 2.75) is 88.9 Å². The Hall–Kier alpha value is -1.49. The first kappa shape index (κ1) is 23.5. The Labute approximate surface area is 164 Å². The van der Waals surface area contributed by atoms with Gasteiger partial charge in [0.25, 0.3) is 0 Å². The second-order valence-corrected chi connectivity index (χ2v) is 7.54. The van der Waals surface area contributed by atoms with Gasteiger partial charge in [0, 0.05) is 6.42 Å². The highest BCUT2D eigenvalue weighted by Crippen LogP contribution is 2.27. The molecule has 1 rings (SSSR count). The lowest BCUT2D eigenvalue weighted by atomic mass is 9.87. The summed E-state index contributed by atoms with van der Waals surface area (Å²) in [7, 11) is 0. The van der Waals surface area contributed by atoms with Crippen LogP contribution in [-0.2, 0) is 4.79 Å². The maximum Gasteiger partial charge on any atom is 0.129 e. The minimum absolute atomic E-state index is 0.0951. The lowest BCUT2D eigenvalue weighted by molar-refractivity contribution is -0.117. The summed E-state index contributed by atoms with van der Waals surface area (Å²) in [5.41, 5.74) is -0.670. The summed E-state index contributed by atoms with van der Waals surface area (Å²) in [5.74, 6) is 0.0951. The molecular formula is C23H36O4. The van der Waals surface area contributed by atoms with E-state index in [9.17, 15) is 20.1 Å². The van der Waals surface area contributed by atoms with Gasteiger partial charge in [0.05, 0.1) is 17.8 Å². The topological polar surface area (TPSA) is 77.8 Å². The number of ketones is 1. The van der Waals surface area contributed by atoms with Gasteiger partial charge < -0.3 is 20.1 Å². The molecule has 3 N–H and O–H groups in total. The summed E-state index contributed by atoms with van der Waals surface area (Å²) in [6.07, 6.45) is 21.5. The molecule has 0 aromatic carbocycles. The number of Topliss-reactive ketones (excluding diaryl/α,β-unsaturated/α-hetero) is 1. The number of hydrogen-bond acceptors (Lipinski definition) is 4. The Morgan fingerprint density at radius 2 is 1.48 bits per heavy atom. The minimum Gasteiger partial charge on any atom is -0.390 e. The van der Waals surface area contributed by atoms with E-state index in [-0.39, 0.29) is 5.78 Å². The van der Waals surface area contributed by atoms with Crippen molar-refractivity contribution in [2.75, 3.05) is 0 Å². The molecule has 0 saturated heterocycles. The number of allylic oxidation sites excluding steroid dienone is 6. The van der Waals surface area contributed by atoms with Gasteiger partial charge in [-0.1, -0.05) is 80.7 Å². The SMILES string of the molecule is CC(=O)CCC[C@H](O)[C@H](O)/C=C/C=C/C=C\C=C\C1(O)CCCCCCC1. The van der Waals surface area contributed by atoms with Crippen molar-refractivity contribution in [3.63, 3.8) is 0 Å². The van der Waals surface area contributed by atoms with Gasteiger partial charge in [-0.2, -0.15) is 0 Å². The Morgan fingerprint density at radius 3 is 2.11 bits per heavy atom. The summed E-state index contributed by atoms with van der Waals surface area (Å²) >= 11 is 0. The average molecular weight is 377 g/mol. The Kier molecular flexibility index (Phi) is 11.9. The van der Waals surface area contributed by atoms with E-state index in [2.05, 4.69) is 0 Å². The third-order valence-corrected chi connectivity index (χ3v) is 4.91. The van der Waals surface area contributed by atoms with E-state index in [1.54, 1.807) is 12.2 Å². The van der Waals surface area contributed by atoms with Crippen LogP contribution in [0.5, 0.6) is 0 Å². The molecule has 0 bridgehead atoms. The minimum atomic E-state index is -0.931. The van der Waals surface area contributed by atoms with Gasteiger partial charge in [0.15, 0.2) is 0 Å². The average Bonchev–Trinajstić information content (AvgIpc) is 2.60. The monoisotopic (exact) mass is 376 g/mol. The van der Waals surface area contributed by atoms with E-state index < -0.39 is 17.8 Å². The largest absolute Gasteiger partial charge is 0.390 e. The lowest BCUT2D eigenvalue weighted by Gasteiger charge is -2.26. The number of carbonyl (C=O) groups excluding carboxylic acids is 1. The summed E-state index contributed by atoms with van der Waals surface area (Å²) < 4.78 is 0.